The molecule has 0 radical (unpaired) electrons. The molecule has 0 spiro atoms. The van der Waals surface area contributed by atoms with Crippen molar-refractivity contribution >= 4 is 5.97 Å². The van der Waals surface area contributed by atoms with Crippen molar-refractivity contribution in [3.63, 3.8) is 0 Å². The zero-order valence-corrected chi connectivity index (χ0v) is 10.1. The van der Waals surface area contributed by atoms with Crippen LogP contribution < -0.4 is 4.74 Å². The van der Waals surface area contributed by atoms with Gasteiger partial charge in [0.2, 0.25) is 0 Å². The fourth-order valence-electron chi connectivity index (χ4n) is 1.58. The molecule has 94 valence electrons. The molecular formula is C13H13NO4. The SMILES string of the molecule is Cc1noc(C)c1COc1cccc(C(=O)O)c1. The third kappa shape index (κ3) is 2.51. The van der Waals surface area contributed by atoms with Gasteiger partial charge in [-0.25, -0.2) is 4.79 Å². The van der Waals surface area contributed by atoms with Gasteiger partial charge in [-0.1, -0.05) is 11.2 Å². The van der Waals surface area contributed by atoms with Gasteiger partial charge in [-0.3, -0.25) is 0 Å². The molecule has 0 aliphatic rings. The summed E-state index contributed by atoms with van der Waals surface area (Å²) in [5.41, 5.74) is 1.86. The Morgan fingerprint density at radius 2 is 2.22 bits per heavy atom. The Morgan fingerprint density at radius 3 is 2.83 bits per heavy atom. The molecule has 1 aromatic heterocycles. The Balaban J connectivity index is 2.11. The molecular weight excluding hydrogens is 234 g/mol. The van der Waals surface area contributed by atoms with E-state index in [9.17, 15) is 4.79 Å². The average molecular weight is 247 g/mol. The Morgan fingerprint density at radius 1 is 1.44 bits per heavy atom. The van der Waals surface area contributed by atoms with Crippen molar-refractivity contribution in [2.24, 2.45) is 0 Å². The summed E-state index contributed by atoms with van der Waals surface area (Å²) >= 11 is 0. The van der Waals surface area contributed by atoms with E-state index in [1.54, 1.807) is 12.1 Å². The van der Waals surface area contributed by atoms with Crippen molar-refractivity contribution in [2.45, 2.75) is 20.5 Å². The zero-order chi connectivity index (χ0) is 13.1. The second-order valence-electron chi connectivity index (χ2n) is 3.92. The number of carboxylic acid groups (broad SMARTS) is 1. The van der Waals surface area contributed by atoms with Crippen LogP contribution >= 0.6 is 0 Å². The van der Waals surface area contributed by atoms with Gasteiger partial charge >= 0.3 is 5.97 Å². The molecule has 0 saturated carbocycles. The van der Waals surface area contributed by atoms with Crippen LogP contribution in [0, 0.1) is 13.8 Å². The molecule has 2 aromatic rings. The third-order valence-corrected chi connectivity index (χ3v) is 2.65. The molecule has 1 N–H and O–H groups in total. The van der Waals surface area contributed by atoms with Gasteiger partial charge < -0.3 is 14.4 Å². The summed E-state index contributed by atoms with van der Waals surface area (Å²) in [6, 6.07) is 6.36. The van der Waals surface area contributed by atoms with Crippen LogP contribution in [0.15, 0.2) is 28.8 Å². The largest absolute Gasteiger partial charge is 0.489 e. The molecule has 0 amide bonds. The molecule has 1 aromatic carbocycles. The van der Waals surface area contributed by atoms with Gasteiger partial charge in [-0.05, 0) is 32.0 Å². The number of carboxylic acids is 1. The van der Waals surface area contributed by atoms with Crippen LogP contribution in [0.3, 0.4) is 0 Å². The summed E-state index contributed by atoms with van der Waals surface area (Å²) in [7, 11) is 0. The maximum absolute atomic E-state index is 10.8. The predicted octanol–water partition coefficient (Wildman–Crippen LogP) is 2.57. The van der Waals surface area contributed by atoms with Gasteiger partial charge in [0.25, 0.3) is 0 Å². The number of rotatable bonds is 4. The first kappa shape index (κ1) is 12.2. The molecule has 1 heterocycles. The Bertz CT molecular complexity index is 555. The van der Waals surface area contributed by atoms with Crippen LogP contribution in [-0.2, 0) is 6.61 Å². The van der Waals surface area contributed by atoms with E-state index in [1.165, 1.54) is 12.1 Å². The fourth-order valence-corrected chi connectivity index (χ4v) is 1.58. The van der Waals surface area contributed by atoms with E-state index in [0.717, 1.165) is 11.3 Å². The maximum atomic E-state index is 10.8. The normalized spacial score (nSPS) is 10.3. The highest BCUT2D eigenvalue weighted by atomic mass is 16.5. The Kier molecular flexibility index (Phi) is 3.32. The topological polar surface area (TPSA) is 72.6 Å². The smallest absolute Gasteiger partial charge is 0.335 e. The third-order valence-electron chi connectivity index (χ3n) is 2.65. The van der Waals surface area contributed by atoms with Gasteiger partial charge in [0.15, 0.2) is 0 Å². The van der Waals surface area contributed by atoms with Crippen molar-refractivity contribution in [1.82, 2.24) is 5.16 Å². The van der Waals surface area contributed by atoms with E-state index in [4.69, 9.17) is 14.4 Å². The molecule has 0 saturated heterocycles. The van der Waals surface area contributed by atoms with Crippen molar-refractivity contribution in [2.75, 3.05) is 0 Å². The van der Waals surface area contributed by atoms with E-state index in [2.05, 4.69) is 5.16 Å². The molecule has 0 atom stereocenters. The first-order valence-electron chi connectivity index (χ1n) is 5.46. The van der Waals surface area contributed by atoms with E-state index in [0.29, 0.717) is 18.1 Å². The summed E-state index contributed by atoms with van der Waals surface area (Å²) in [5.74, 6) is 0.245. The maximum Gasteiger partial charge on any atom is 0.335 e. The van der Waals surface area contributed by atoms with Crippen molar-refractivity contribution < 1.29 is 19.2 Å². The predicted molar refractivity (Wildman–Crippen MR) is 63.7 cm³/mol. The van der Waals surface area contributed by atoms with Crippen LogP contribution in [0.5, 0.6) is 5.75 Å². The average Bonchev–Trinajstić information content (AvgIpc) is 2.67. The van der Waals surface area contributed by atoms with E-state index in [1.807, 2.05) is 13.8 Å². The lowest BCUT2D eigenvalue weighted by Crippen LogP contribution is -2.00. The van der Waals surface area contributed by atoms with Crippen LogP contribution in [-0.4, -0.2) is 16.2 Å². The molecule has 18 heavy (non-hydrogen) atoms. The number of carbonyl (C=O) groups is 1. The number of hydrogen-bond acceptors (Lipinski definition) is 4. The Hall–Kier alpha value is -2.30. The number of hydrogen-bond donors (Lipinski definition) is 1. The van der Waals surface area contributed by atoms with Crippen LogP contribution in [0.1, 0.15) is 27.4 Å². The first-order valence-corrected chi connectivity index (χ1v) is 5.46. The number of ether oxygens (including phenoxy) is 1. The molecule has 0 aliphatic heterocycles. The van der Waals surface area contributed by atoms with Crippen LogP contribution in [0.4, 0.5) is 0 Å². The van der Waals surface area contributed by atoms with Crippen molar-refractivity contribution in [3.8, 4) is 5.75 Å². The van der Waals surface area contributed by atoms with Crippen LogP contribution in [0.2, 0.25) is 0 Å². The summed E-state index contributed by atoms with van der Waals surface area (Å²) in [6.45, 7) is 3.96. The second-order valence-corrected chi connectivity index (χ2v) is 3.92. The standard InChI is InChI=1S/C13H13NO4/c1-8-12(9(2)18-14-8)7-17-11-5-3-4-10(6-11)13(15)16/h3-6H,7H2,1-2H3,(H,15,16). The minimum atomic E-state index is -0.974. The number of benzene rings is 1. The van der Waals surface area contributed by atoms with Gasteiger partial charge in [0, 0.05) is 0 Å². The summed E-state index contributed by atoms with van der Waals surface area (Å²) in [6.07, 6.45) is 0. The first-order chi connectivity index (χ1) is 8.58. The summed E-state index contributed by atoms with van der Waals surface area (Å²) < 4.78 is 10.6. The lowest BCUT2D eigenvalue weighted by molar-refractivity contribution is 0.0696. The Labute approximate surface area is 104 Å². The molecule has 0 fully saturated rings. The van der Waals surface area contributed by atoms with Gasteiger partial charge in [-0.2, -0.15) is 0 Å². The van der Waals surface area contributed by atoms with E-state index >= 15 is 0 Å². The minimum absolute atomic E-state index is 0.200. The number of aromatic carboxylic acids is 1. The van der Waals surface area contributed by atoms with Crippen LogP contribution in [0.25, 0.3) is 0 Å². The number of nitrogens with zero attached hydrogens (tertiary/aromatic N) is 1. The molecule has 2 rings (SSSR count). The van der Waals surface area contributed by atoms with Crippen molar-refractivity contribution in [3.05, 3.63) is 46.8 Å². The lowest BCUT2D eigenvalue weighted by atomic mass is 10.2. The molecule has 5 heteroatoms. The van der Waals surface area contributed by atoms with Gasteiger partial charge in [0.05, 0.1) is 16.8 Å². The van der Waals surface area contributed by atoms with E-state index in [-0.39, 0.29) is 5.56 Å². The summed E-state index contributed by atoms with van der Waals surface area (Å²) in [5, 5.41) is 12.7. The monoisotopic (exact) mass is 247 g/mol. The second kappa shape index (κ2) is 4.91. The molecule has 0 aliphatic carbocycles. The lowest BCUT2D eigenvalue weighted by Gasteiger charge is -2.06. The quantitative estimate of drug-likeness (QED) is 0.898. The summed E-state index contributed by atoms with van der Waals surface area (Å²) in [4.78, 5) is 10.8. The molecule has 0 bridgehead atoms. The molecule has 5 nitrogen and oxygen atoms in total. The van der Waals surface area contributed by atoms with Gasteiger partial charge in [0.1, 0.15) is 18.1 Å². The number of aromatic nitrogens is 1. The minimum Gasteiger partial charge on any atom is -0.489 e. The van der Waals surface area contributed by atoms with Gasteiger partial charge in [-0.15, -0.1) is 0 Å². The zero-order valence-electron chi connectivity index (χ0n) is 10.1. The highest BCUT2D eigenvalue weighted by Crippen LogP contribution is 2.18. The number of aryl methyl sites for hydroxylation is 2. The fraction of sp³-hybridized carbons (Fsp3) is 0.231. The van der Waals surface area contributed by atoms with E-state index < -0.39 is 5.97 Å². The molecule has 0 unspecified atom stereocenters. The van der Waals surface area contributed by atoms with Crippen molar-refractivity contribution in [1.29, 1.82) is 0 Å². The highest BCUT2D eigenvalue weighted by Gasteiger charge is 2.10. The highest BCUT2D eigenvalue weighted by molar-refractivity contribution is 5.87.